The highest BCUT2D eigenvalue weighted by atomic mass is 15.2. The van der Waals surface area contributed by atoms with Gasteiger partial charge in [-0.15, -0.1) is 0 Å². The molecule has 0 aromatic heterocycles. The van der Waals surface area contributed by atoms with Crippen molar-refractivity contribution in [3.05, 3.63) is 0 Å². The lowest BCUT2D eigenvalue weighted by Gasteiger charge is -2.26. The van der Waals surface area contributed by atoms with Crippen molar-refractivity contribution in [3.63, 3.8) is 0 Å². The van der Waals surface area contributed by atoms with E-state index in [2.05, 4.69) is 44.8 Å². The molecule has 86 valence electrons. The molecule has 0 unspecified atom stereocenters. The molecule has 0 radical (unpaired) electrons. The molecular weight excluding hydrogens is 172 g/mol. The van der Waals surface area contributed by atoms with E-state index >= 15 is 0 Å². The Morgan fingerprint density at radius 3 is 2.14 bits per heavy atom. The Bertz CT molecular complexity index is 121. The van der Waals surface area contributed by atoms with Gasteiger partial charge in [-0.25, -0.2) is 0 Å². The van der Waals surface area contributed by atoms with Crippen LogP contribution in [-0.4, -0.2) is 37.1 Å². The van der Waals surface area contributed by atoms with E-state index in [1.54, 1.807) is 0 Å². The van der Waals surface area contributed by atoms with E-state index in [4.69, 9.17) is 0 Å². The third kappa shape index (κ3) is 7.34. The lowest BCUT2D eigenvalue weighted by molar-refractivity contribution is 0.221. The lowest BCUT2D eigenvalue weighted by Crippen LogP contribution is -2.38. The zero-order chi connectivity index (χ0) is 11.0. The van der Waals surface area contributed by atoms with Crippen LogP contribution in [0.2, 0.25) is 0 Å². The van der Waals surface area contributed by atoms with Gasteiger partial charge < -0.3 is 5.32 Å². The van der Waals surface area contributed by atoms with Gasteiger partial charge in [0.2, 0.25) is 0 Å². The van der Waals surface area contributed by atoms with Gasteiger partial charge >= 0.3 is 0 Å². The molecule has 2 heteroatoms. The molecule has 0 heterocycles. The van der Waals surface area contributed by atoms with Gasteiger partial charge in [-0.2, -0.15) is 0 Å². The summed E-state index contributed by atoms with van der Waals surface area (Å²) in [7, 11) is 0. The fourth-order valence-electron chi connectivity index (χ4n) is 1.53. The molecule has 0 aromatic rings. The Labute approximate surface area is 90.1 Å². The largest absolute Gasteiger partial charge is 0.315 e. The van der Waals surface area contributed by atoms with Gasteiger partial charge in [0.05, 0.1) is 0 Å². The highest BCUT2D eigenvalue weighted by Gasteiger charge is 2.06. The van der Waals surface area contributed by atoms with Crippen LogP contribution in [0, 0.1) is 5.92 Å². The highest BCUT2D eigenvalue weighted by Crippen LogP contribution is 1.98. The molecule has 2 nitrogen and oxygen atoms in total. The summed E-state index contributed by atoms with van der Waals surface area (Å²) in [6, 6.07) is 0.677. The summed E-state index contributed by atoms with van der Waals surface area (Å²) in [5.74, 6) is 0.758. The van der Waals surface area contributed by atoms with Crippen molar-refractivity contribution in [1.29, 1.82) is 0 Å². The molecule has 0 saturated heterocycles. The van der Waals surface area contributed by atoms with E-state index in [1.807, 2.05) is 0 Å². The number of rotatable bonds is 8. The van der Waals surface area contributed by atoms with Crippen LogP contribution in [0.3, 0.4) is 0 Å². The van der Waals surface area contributed by atoms with E-state index in [9.17, 15) is 0 Å². The summed E-state index contributed by atoms with van der Waals surface area (Å²) in [6.07, 6.45) is 1.25. The average Bonchev–Trinajstić information content (AvgIpc) is 2.09. The van der Waals surface area contributed by atoms with Crippen LogP contribution in [0.4, 0.5) is 0 Å². The molecule has 0 aliphatic carbocycles. The second-order valence-corrected chi connectivity index (χ2v) is 4.73. The van der Waals surface area contributed by atoms with Gasteiger partial charge in [-0.05, 0) is 39.3 Å². The molecule has 0 rings (SSSR count). The summed E-state index contributed by atoms with van der Waals surface area (Å²) in [4.78, 5) is 2.54. The Morgan fingerprint density at radius 2 is 1.71 bits per heavy atom. The van der Waals surface area contributed by atoms with E-state index in [-0.39, 0.29) is 0 Å². The Kier molecular flexibility index (Phi) is 8.20. The van der Waals surface area contributed by atoms with Gasteiger partial charge in [0.25, 0.3) is 0 Å². The lowest BCUT2D eigenvalue weighted by atomic mass is 10.2. The van der Waals surface area contributed by atoms with Gasteiger partial charge in [0.1, 0.15) is 0 Å². The van der Waals surface area contributed by atoms with Crippen LogP contribution >= 0.6 is 0 Å². The SMILES string of the molecule is CCCN(CCNCC(C)C)C(C)C. The number of nitrogens with zero attached hydrogens (tertiary/aromatic N) is 1. The first-order valence-corrected chi connectivity index (χ1v) is 6.02. The molecular formula is C12H28N2. The molecule has 0 spiro atoms. The van der Waals surface area contributed by atoms with E-state index in [0.29, 0.717) is 6.04 Å². The zero-order valence-electron chi connectivity index (χ0n) is 10.6. The minimum Gasteiger partial charge on any atom is -0.315 e. The molecule has 0 aliphatic rings. The second-order valence-electron chi connectivity index (χ2n) is 4.73. The predicted octanol–water partition coefficient (Wildman–Crippen LogP) is 2.35. The summed E-state index contributed by atoms with van der Waals surface area (Å²) in [6.45, 7) is 16.0. The van der Waals surface area contributed by atoms with Crippen molar-refractivity contribution in [2.45, 2.75) is 47.1 Å². The van der Waals surface area contributed by atoms with Crippen molar-refractivity contribution in [2.75, 3.05) is 26.2 Å². The van der Waals surface area contributed by atoms with Crippen molar-refractivity contribution in [1.82, 2.24) is 10.2 Å². The van der Waals surface area contributed by atoms with Crippen molar-refractivity contribution < 1.29 is 0 Å². The second kappa shape index (κ2) is 8.25. The maximum atomic E-state index is 3.49. The smallest absolute Gasteiger partial charge is 0.0110 e. The van der Waals surface area contributed by atoms with Gasteiger partial charge in [0.15, 0.2) is 0 Å². The minimum atomic E-state index is 0.677. The quantitative estimate of drug-likeness (QED) is 0.605. The Hall–Kier alpha value is -0.0800. The van der Waals surface area contributed by atoms with Crippen LogP contribution < -0.4 is 5.32 Å². The van der Waals surface area contributed by atoms with Crippen molar-refractivity contribution in [2.24, 2.45) is 5.92 Å². The fourth-order valence-corrected chi connectivity index (χ4v) is 1.53. The number of hydrogen-bond donors (Lipinski definition) is 1. The van der Waals surface area contributed by atoms with Gasteiger partial charge in [-0.3, -0.25) is 4.90 Å². The zero-order valence-corrected chi connectivity index (χ0v) is 10.6. The van der Waals surface area contributed by atoms with Gasteiger partial charge in [0, 0.05) is 19.1 Å². The summed E-state index contributed by atoms with van der Waals surface area (Å²) in [5, 5.41) is 3.49. The maximum absolute atomic E-state index is 3.49. The number of nitrogens with one attached hydrogen (secondary N) is 1. The highest BCUT2D eigenvalue weighted by molar-refractivity contribution is 4.63. The van der Waals surface area contributed by atoms with Crippen molar-refractivity contribution in [3.8, 4) is 0 Å². The van der Waals surface area contributed by atoms with E-state index < -0.39 is 0 Å². The standard InChI is InChI=1S/C12H28N2/c1-6-8-14(12(4)5)9-7-13-10-11(2)3/h11-13H,6-10H2,1-5H3. The minimum absolute atomic E-state index is 0.677. The normalized spacial score (nSPS) is 12.0. The molecule has 0 saturated carbocycles. The molecule has 0 fully saturated rings. The van der Waals surface area contributed by atoms with Crippen LogP contribution in [-0.2, 0) is 0 Å². The monoisotopic (exact) mass is 200 g/mol. The first-order valence-electron chi connectivity index (χ1n) is 6.02. The predicted molar refractivity (Wildman–Crippen MR) is 64.7 cm³/mol. The van der Waals surface area contributed by atoms with E-state index in [1.165, 1.54) is 19.5 Å². The third-order valence-corrected chi connectivity index (χ3v) is 2.37. The average molecular weight is 200 g/mol. The third-order valence-electron chi connectivity index (χ3n) is 2.37. The van der Waals surface area contributed by atoms with Crippen LogP contribution in [0.5, 0.6) is 0 Å². The van der Waals surface area contributed by atoms with Crippen LogP contribution in [0.25, 0.3) is 0 Å². The molecule has 1 N–H and O–H groups in total. The Balaban J connectivity index is 3.50. The van der Waals surface area contributed by atoms with E-state index in [0.717, 1.165) is 19.0 Å². The molecule has 14 heavy (non-hydrogen) atoms. The molecule has 0 bridgehead atoms. The molecule has 0 amide bonds. The first kappa shape index (κ1) is 13.9. The number of hydrogen-bond acceptors (Lipinski definition) is 2. The fraction of sp³-hybridized carbons (Fsp3) is 1.00. The summed E-state index contributed by atoms with van der Waals surface area (Å²) in [5.41, 5.74) is 0. The first-order chi connectivity index (χ1) is 6.57. The summed E-state index contributed by atoms with van der Waals surface area (Å²) < 4.78 is 0. The molecule has 0 atom stereocenters. The van der Waals surface area contributed by atoms with Crippen LogP contribution in [0.1, 0.15) is 41.0 Å². The topological polar surface area (TPSA) is 15.3 Å². The van der Waals surface area contributed by atoms with Crippen LogP contribution in [0.15, 0.2) is 0 Å². The maximum Gasteiger partial charge on any atom is 0.0110 e. The Morgan fingerprint density at radius 1 is 1.07 bits per heavy atom. The van der Waals surface area contributed by atoms with Gasteiger partial charge in [-0.1, -0.05) is 20.8 Å². The molecule has 0 aliphatic heterocycles. The molecule has 0 aromatic carbocycles. The summed E-state index contributed by atoms with van der Waals surface area (Å²) >= 11 is 0. The van der Waals surface area contributed by atoms with Crippen molar-refractivity contribution >= 4 is 0 Å².